The van der Waals surface area contributed by atoms with Crippen molar-refractivity contribution in [2.45, 2.75) is 60.9 Å². The third-order valence-corrected chi connectivity index (χ3v) is 4.77. The third kappa shape index (κ3) is 15.9. The van der Waals surface area contributed by atoms with E-state index in [0.29, 0.717) is 11.8 Å². The minimum Gasteiger partial charge on any atom is -0.464 e. The van der Waals surface area contributed by atoms with Gasteiger partial charge >= 0.3 is 17.9 Å². The van der Waals surface area contributed by atoms with Crippen molar-refractivity contribution in [3.63, 3.8) is 0 Å². The van der Waals surface area contributed by atoms with Gasteiger partial charge in [0.05, 0.1) is 18.1 Å². The molecule has 0 amide bonds. The zero-order chi connectivity index (χ0) is 22.6. The van der Waals surface area contributed by atoms with Crippen molar-refractivity contribution in [3.8, 4) is 0 Å². The molecule has 0 saturated carbocycles. The highest BCUT2D eigenvalue weighted by Gasteiger charge is 2.20. The quantitative estimate of drug-likeness (QED) is 0.137. The third-order valence-electron chi connectivity index (χ3n) is 2.89. The van der Waals surface area contributed by atoms with Gasteiger partial charge in [0, 0.05) is 25.0 Å². The Morgan fingerprint density at radius 3 is 2.03 bits per heavy atom. The average molecular weight is 505 g/mol. The molecule has 0 heterocycles. The molecule has 4 unspecified atom stereocenters. The molecule has 13 heteroatoms. The Balaban J connectivity index is 4.09. The molecule has 0 N–H and O–H groups in total. The lowest BCUT2D eigenvalue weighted by Gasteiger charge is -2.16. The highest BCUT2D eigenvalue weighted by molar-refractivity contribution is 8.26. The Bertz CT molecular complexity index is 598. The van der Waals surface area contributed by atoms with Gasteiger partial charge in [-0.25, -0.2) is 0 Å². The second-order valence-corrected chi connectivity index (χ2v) is 9.65. The molecule has 0 fully saturated rings. The van der Waals surface area contributed by atoms with Gasteiger partial charge in [0.25, 0.3) is 0 Å². The fraction of sp³-hybridized carbons (Fsp3) is 0.688. The Labute approximate surface area is 195 Å². The zero-order valence-electron chi connectivity index (χ0n) is 15.8. The van der Waals surface area contributed by atoms with Crippen LogP contribution in [-0.2, 0) is 38.2 Å². The molecule has 0 aromatic carbocycles. The zero-order valence-corrected chi connectivity index (χ0v) is 20.2. The molecule has 0 saturated heterocycles. The van der Waals surface area contributed by atoms with Gasteiger partial charge in [0.1, 0.15) is 12.0 Å². The van der Waals surface area contributed by atoms with E-state index in [2.05, 4.69) is 50.5 Å². The molecule has 0 rings (SSSR count). The van der Waals surface area contributed by atoms with Gasteiger partial charge in [-0.1, -0.05) is 0 Å². The summed E-state index contributed by atoms with van der Waals surface area (Å²) in [6, 6.07) is 0. The van der Waals surface area contributed by atoms with Crippen molar-refractivity contribution in [1.82, 2.24) is 0 Å². The van der Waals surface area contributed by atoms with Crippen molar-refractivity contribution in [2.24, 2.45) is 0 Å². The largest absolute Gasteiger partial charge is 0.464 e. The molecule has 0 aliphatic rings. The van der Waals surface area contributed by atoms with Crippen LogP contribution in [0.3, 0.4) is 0 Å². The van der Waals surface area contributed by atoms with Gasteiger partial charge in [-0.2, -0.15) is 25.3 Å². The van der Waals surface area contributed by atoms with Crippen LogP contribution in [0, 0.1) is 0 Å². The second-order valence-electron chi connectivity index (χ2n) is 5.76. The molecule has 4 atom stereocenters. The normalized spacial score (nSPS) is 14.8. The predicted octanol–water partition coefficient (Wildman–Crippen LogP) is 2.11. The SMILES string of the molecule is CC(=O)SC(=O)CC(S)OC(=O)CCC(S)OC(=O)CC(S)COC(=O)C(C)S. The van der Waals surface area contributed by atoms with E-state index in [9.17, 15) is 24.0 Å². The van der Waals surface area contributed by atoms with Gasteiger partial charge in [-0.05, 0) is 18.7 Å². The number of ether oxygens (including phenoxy) is 3. The van der Waals surface area contributed by atoms with E-state index in [-0.39, 0.29) is 37.4 Å². The van der Waals surface area contributed by atoms with Crippen LogP contribution in [0.4, 0.5) is 0 Å². The fourth-order valence-electron chi connectivity index (χ4n) is 1.65. The summed E-state index contributed by atoms with van der Waals surface area (Å²) in [4.78, 5) is 57.1. The van der Waals surface area contributed by atoms with Crippen LogP contribution in [-0.4, -0.2) is 56.1 Å². The van der Waals surface area contributed by atoms with Gasteiger partial charge in [-0.15, -0.1) is 25.3 Å². The summed E-state index contributed by atoms with van der Waals surface area (Å²) >= 11 is 16.6. The molecule has 0 aliphatic carbocycles. The van der Waals surface area contributed by atoms with Crippen LogP contribution >= 0.6 is 62.3 Å². The number of hydrogen-bond donors (Lipinski definition) is 4. The average Bonchev–Trinajstić information content (AvgIpc) is 2.56. The first-order valence-electron chi connectivity index (χ1n) is 8.39. The molecule has 0 spiro atoms. The number of hydrogen-bond acceptors (Lipinski definition) is 13. The first-order valence-corrected chi connectivity index (χ1v) is 11.3. The highest BCUT2D eigenvalue weighted by Crippen LogP contribution is 2.16. The molecule has 8 nitrogen and oxygen atoms in total. The van der Waals surface area contributed by atoms with Crippen molar-refractivity contribution in [2.75, 3.05) is 6.61 Å². The van der Waals surface area contributed by atoms with Gasteiger partial charge in [-0.3, -0.25) is 24.0 Å². The summed E-state index contributed by atoms with van der Waals surface area (Å²) in [5, 5.41) is -1.95. The number of esters is 3. The van der Waals surface area contributed by atoms with Crippen LogP contribution in [0.2, 0.25) is 0 Å². The second kappa shape index (κ2) is 15.3. The monoisotopic (exact) mass is 504 g/mol. The van der Waals surface area contributed by atoms with Crippen LogP contribution < -0.4 is 0 Å². The summed E-state index contributed by atoms with van der Waals surface area (Å²) in [6.45, 7) is 2.74. The lowest BCUT2D eigenvalue weighted by Crippen LogP contribution is -2.24. The highest BCUT2D eigenvalue weighted by atomic mass is 32.2. The maximum Gasteiger partial charge on any atom is 0.318 e. The summed E-state index contributed by atoms with van der Waals surface area (Å²) in [7, 11) is 0. The van der Waals surface area contributed by atoms with E-state index in [1.165, 1.54) is 6.92 Å². The minimum atomic E-state index is -0.976. The summed E-state index contributed by atoms with van der Waals surface area (Å²) in [6.07, 6.45) is -0.367. The number of thioether (sulfide) groups is 1. The van der Waals surface area contributed by atoms with Gasteiger partial charge < -0.3 is 14.2 Å². The number of carbonyl (C=O) groups is 5. The molecule has 0 radical (unpaired) electrons. The summed E-state index contributed by atoms with van der Waals surface area (Å²) in [5.41, 5.74) is -1.83. The van der Waals surface area contributed by atoms with E-state index >= 15 is 0 Å². The molecule has 0 aromatic heterocycles. The first kappa shape index (κ1) is 28.5. The standard InChI is InChI=1S/C16H24O8S5/c1-8(25)16(21)22-7-10(26)5-12(19)24-14(27)4-3-11(18)23-15(28)6-13(20)29-9(2)17/h8,10,14-15,25-28H,3-7H2,1-2H3. The maximum atomic E-state index is 11.8. The van der Waals surface area contributed by atoms with E-state index in [1.807, 2.05) is 0 Å². The Kier molecular flexibility index (Phi) is 15.1. The first-order chi connectivity index (χ1) is 13.4. The fourth-order valence-corrected chi connectivity index (χ4v) is 3.15. The summed E-state index contributed by atoms with van der Waals surface area (Å²) in [5.74, 6) is -1.79. The van der Waals surface area contributed by atoms with Gasteiger partial charge in [0.15, 0.2) is 10.6 Å². The Morgan fingerprint density at radius 1 is 0.897 bits per heavy atom. The number of carbonyl (C=O) groups excluding carboxylic acids is 5. The van der Waals surface area contributed by atoms with E-state index < -0.39 is 44.4 Å². The molecular weight excluding hydrogens is 481 g/mol. The molecule has 166 valence electrons. The summed E-state index contributed by atoms with van der Waals surface area (Å²) < 4.78 is 14.9. The van der Waals surface area contributed by atoms with Gasteiger partial charge in [0.2, 0.25) is 5.12 Å². The topological polar surface area (TPSA) is 113 Å². The molecule has 0 aromatic rings. The molecular formula is C16H24O8S5. The van der Waals surface area contributed by atoms with Crippen LogP contribution in [0.15, 0.2) is 0 Å². The Morgan fingerprint density at radius 2 is 1.48 bits per heavy atom. The molecule has 0 aliphatic heterocycles. The van der Waals surface area contributed by atoms with Crippen molar-refractivity contribution in [1.29, 1.82) is 0 Å². The number of thiol groups is 4. The van der Waals surface area contributed by atoms with Crippen molar-refractivity contribution >= 4 is 90.4 Å². The van der Waals surface area contributed by atoms with Crippen molar-refractivity contribution in [3.05, 3.63) is 0 Å². The lowest BCUT2D eigenvalue weighted by atomic mass is 10.3. The molecule has 0 bridgehead atoms. The van der Waals surface area contributed by atoms with E-state index in [0.717, 1.165) is 0 Å². The smallest absolute Gasteiger partial charge is 0.318 e. The predicted molar refractivity (Wildman–Crippen MR) is 122 cm³/mol. The van der Waals surface area contributed by atoms with Crippen LogP contribution in [0.1, 0.15) is 39.5 Å². The van der Waals surface area contributed by atoms with Crippen molar-refractivity contribution < 1.29 is 38.2 Å². The Hall–Kier alpha value is -0.500. The molecule has 29 heavy (non-hydrogen) atoms. The maximum absolute atomic E-state index is 11.8. The number of rotatable bonds is 12. The van der Waals surface area contributed by atoms with E-state index in [4.69, 9.17) is 14.2 Å². The minimum absolute atomic E-state index is 0.0739. The van der Waals surface area contributed by atoms with Crippen LogP contribution in [0.5, 0.6) is 0 Å². The van der Waals surface area contributed by atoms with E-state index in [1.54, 1.807) is 6.92 Å². The lowest BCUT2D eigenvalue weighted by molar-refractivity contribution is -0.150. The van der Waals surface area contributed by atoms with Crippen LogP contribution in [0.25, 0.3) is 0 Å².